The first-order valence-electron chi connectivity index (χ1n) is 4.14. The van der Waals surface area contributed by atoms with Crippen LogP contribution >= 0.6 is 15.9 Å². The molecule has 0 saturated heterocycles. The van der Waals surface area contributed by atoms with E-state index in [1.807, 2.05) is 18.2 Å². The second-order valence-electron chi connectivity index (χ2n) is 2.98. The Kier molecular flexibility index (Phi) is 2.24. The van der Waals surface area contributed by atoms with Gasteiger partial charge in [0.2, 0.25) is 0 Å². The normalized spacial score (nSPS) is 19.8. The molecule has 0 amide bonds. The van der Waals surface area contributed by atoms with Gasteiger partial charge in [-0.2, -0.15) is 5.26 Å². The second kappa shape index (κ2) is 3.39. The van der Waals surface area contributed by atoms with E-state index < -0.39 is 0 Å². The van der Waals surface area contributed by atoms with Crippen molar-refractivity contribution in [1.29, 1.82) is 5.26 Å². The Morgan fingerprint density at radius 2 is 2.38 bits per heavy atom. The zero-order valence-electron chi connectivity index (χ0n) is 6.96. The minimum absolute atomic E-state index is 0.0127. The molecule has 1 aromatic rings. The quantitative estimate of drug-likeness (QED) is 0.696. The SMILES string of the molecule is N#CC1CCOc2c(Br)cccc21. The molecule has 2 nitrogen and oxygen atoms in total. The molecule has 0 bridgehead atoms. The van der Waals surface area contributed by atoms with Gasteiger partial charge < -0.3 is 4.74 Å². The average molecular weight is 238 g/mol. The minimum atomic E-state index is -0.0127. The van der Waals surface area contributed by atoms with Crippen molar-refractivity contribution >= 4 is 15.9 Å². The third-order valence-electron chi connectivity index (χ3n) is 2.18. The van der Waals surface area contributed by atoms with Crippen molar-refractivity contribution in [2.75, 3.05) is 6.61 Å². The molecule has 1 aromatic carbocycles. The van der Waals surface area contributed by atoms with Crippen molar-refractivity contribution in [3.63, 3.8) is 0 Å². The molecule has 0 fully saturated rings. The number of hydrogen-bond donors (Lipinski definition) is 0. The lowest BCUT2D eigenvalue weighted by atomic mass is 9.95. The molecule has 0 spiro atoms. The Labute approximate surface area is 85.3 Å². The fourth-order valence-corrected chi connectivity index (χ4v) is 2.02. The minimum Gasteiger partial charge on any atom is -0.492 e. The molecule has 1 atom stereocenters. The summed E-state index contributed by atoms with van der Waals surface area (Å²) in [4.78, 5) is 0. The number of benzene rings is 1. The summed E-state index contributed by atoms with van der Waals surface area (Å²) >= 11 is 3.40. The number of fused-ring (bicyclic) bond motifs is 1. The summed E-state index contributed by atoms with van der Waals surface area (Å²) in [6, 6.07) is 8.10. The Balaban J connectivity index is 2.53. The van der Waals surface area contributed by atoms with E-state index in [9.17, 15) is 0 Å². The molecular formula is C10H8BrNO. The molecule has 1 unspecified atom stereocenters. The number of rotatable bonds is 0. The number of halogens is 1. The maximum absolute atomic E-state index is 8.91. The number of hydrogen-bond acceptors (Lipinski definition) is 2. The summed E-state index contributed by atoms with van der Waals surface area (Å²) < 4.78 is 6.42. The third kappa shape index (κ3) is 1.42. The van der Waals surface area contributed by atoms with Gasteiger partial charge in [0, 0.05) is 12.0 Å². The molecular weight excluding hydrogens is 230 g/mol. The van der Waals surface area contributed by atoms with Crippen LogP contribution in [0.3, 0.4) is 0 Å². The Hall–Kier alpha value is -1.01. The van der Waals surface area contributed by atoms with Crippen LogP contribution in [0, 0.1) is 11.3 Å². The standard InChI is InChI=1S/C10H8BrNO/c11-9-3-1-2-8-7(6-12)4-5-13-10(8)9/h1-3,7H,4-5H2. The van der Waals surface area contributed by atoms with E-state index in [0.29, 0.717) is 6.61 Å². The van der Waals surface area contributed by atoms with Gasteiger partial charge in [-0.05, 0) is 22.0 Å². The van der Waals surface area contributed by atoms with Gasteiger partial charge in [-0.25, -0.2) is 0 Å². The molecule has 0 aliphatic carbocycles. The van der Waals surface area contributed by atoms with Crippen molar-refractivity contribution in [3.8, 4) is 11.8 Å². The Morgan fingerprint density at radius 3 is 3.15 bits per heavy atom. The first kappa shape index (κ1) is 8.58. The van der Waals surface area contributed by atoms with Crippen molar-refractivity contribution in [1.82, 2.24) is 0 Å². The van der Waals surface area contributed by atoms with Crippen LogP contribution in [-0.2, 0) is 0 Å². The summed E-state index contributed by atoms with van der Waals surface area (Å²) in [5.74, 6) is 0.821. The highest BCUT2D eigenvalue weighted by atomic mass is 79.9. The van der Waals surface area contributed by atoms with Gasteiger partial charge in [-0.1, -0.05) is 12.1 Å². The lowest BCUT2D eigenvalue weighted by Crippen LogP contribution is -2.13. The van der Waals surface area contributed by atoms with E-state index in [-0.39, 0.29) is 5.92 Å². The molecule has 1 aliphatic rings. The molecule has 1 heterocycles. The lowest BCUT2D eigenvalue weighted by Gasteiger charge is -2.21. The van der Waals surface area contributed by atoms with Gasteiger partial charge in [0.05, 0.1) is 23.1 Å². The Morgan fingerprint density at radius 1 is 1.54 bits per heavy atom. The van der Waals surface area contributed by atoms with Crippen LogP contribution < -0.4 is 4.74 Å². The fraction of sp³-hybridized carbons (Fsp3) is 0.300. The van der Waals surface area contributed by atoms with Gasteiger partial charge in [-0.3, -0.25) is 0 Å². The topological polar surface area (TPSA) is 33.0 Å². The number of ether oxygens (including phenoxy) is 1. The first-order chi connectivity index (χ1) is 6.33. The molecule has 1 aliphatic heterocycles. The summed E-state index contributed by atoms with van der Waals surface area (Å²) in [6.07, 6.45) is 0.792. The van der Waals surface area contributed by atoms with E-state index in [0.717, 1.165) is 22.2 Å². The van der Waals surface area contributed by atoms with Crippen LogP contribution in [0.15, 0.2) is 22.7 Å². The second-order valence-corrected chi connectivity index (χ2v) is 3.83. The van der Waals surface area contributed by atoms with E-state index in [4.69, 9.17) is 10.00 Å². The van der Waals surface area contributed by atoms with Gasteiger partial charge in [0.15, 0.2) is 0 Å². The molecule has 3 heteroatoms. The monoisotopic (exact) mass is 237 g/mol. The molecule has 2 rings (SSSR count). The van der Waals surface area contributed by atoms with Crippen LogP contribution in [0.5, 0.6) is 5.75 Å². The predicted octanol–water partition coefficient (Wildman–Crippen LogP) is 2.84. The highest BCUT2D eigenvalue weighted by molar-refractivity contribution is 9.10. The maximum atomic E-state index is 8.91. The van der Waals surface area contributed by atoms with E-state index in [2.05, 4.69) is 22.0 Å². The van der Waals surface area contributed by atoms with Crippen LogP contribution in [-0.4, -0.2) is 6.61 Å². The van der Waals surface area contributed by atoms with Crippen LogP contribution in [0.1, 0.15) is 17.9 Å². The summed E-state index contributed by atoms with van der Waals surface area (Å²) in [5.41, 5.74) is 1.00. The van der Waals surface area contributed by atoms with Crippen molar-refractivity contribution in [3.05, 3.63) is 28.2 Å². The molecule has 0 N–H and O–H groups in total. The highest BCUT2D eigenvalue weighted by Crippen LogP contribution is 2.38. The van der Waals surface area contributed by atoms with Gasteiger partial charge >= 0.3 is 0 Å². The van der Waals surface area contributed by atoms with Gasteiger partial charge in [0.1, 0.15) is 5.75 Å². The lowest BCUT2D eigenvalue weighted by molar-refractivity contribution is 0.278. The van der Waals surface area contributed by atoms with Crippen molar-refractivity contribution < 1.29 is 4.74 Å². The molecule has 0 saturated carbocycles. The predicted molar refractivity (Wildman–Crippen MR) is 52.6 cm³/mol. The summed E-state index contributed by atoms with van der Waals surface area (Å²) in [7, 11) is 0. The van der Waals surface area contributed by atoms with E-state index in [1.165, 1.54) is 0 Å². The third-order valence-corrected chi connectivity index (χ3v) is 2.81. The van der Waals surface area contributed by atoms with E-state index >= 15 is 0 Å². The van der Waals surface area contributed by atoms with Crippen LogP contribution in [0.25, 0.3) is 0 Å². The molecule has 0 aromatic heterocycles. The summed E-state index contributed by atoms with van der Waals surface area (Å²) in [5, 5.41) is 8.91. The van der Waals surface area contributed by atoms with Crippen molar-refractivity contribution in [2.24, 2.45) is 0 Å². The smallest absolute Gasteiger partial charge is 0.137 e. The first-order valence-corrected chi connectivity index (χ1v) is 4.93. The number of para-hydroxylation sites is 1. The average Bonchev–Trinajstić information content (AvgIpc) is 2.18. The number of nitrogens with zero attached hydrogens (tertiary/aromatic N) is 1. The molecule has 13 heavy (non-hydrogen) atoms. The number of nitriles is 1. The zero-order valence-corrected chi connectivity index (χ0v) is 8.54. The zero-order chi connectivity index (χ0) is 9.26. The van der Waals surface area contributed by atoms with Crippen LogP contribution in [0.2, 0.25) is 0 Å². The van der Waals surface area contributed by atoms with Gasteiger partial charge in [0.25, 0.3) is 0 Å². The molecule has 0 radical (unpaired) electrons. The fourth-order valence-electron chi connectivity index (χ4n) is 1.52. The van der Waals surface area contributed by atoms with Crippen molar-refractivity contribution in [2.45, 2.75) is 12.3 Å². The molecule has 66 valence electrons. The maximum Gasteiger partial charge on any atom is 0.137 e. The Bertz CT molecular complexity index is 370. The van der Waals surface area contributed by atoms with Crippen LogP contribution in [0.4, 0.5) is 0 Å². The van der Waals surface area contributed by atoms with E-state index in [1.54, 1.807) is 0 Å². The summed E-state index contributed by atoms with van der Waals surface area (Å²) in [6.45, 7) is 0.633. The highest BCUT2D eigenvalue weighted by Gasteiger charge is 2.22. The van der Waals surface area contributed by atoms with Gasteiger partial charge in [-0.15, -0.1) is 0 Å². The largest absolute Gasteiger partial charge is 0.492 e.